The molecule has 0 saturated carbocycles. The average molecular weight is 331 g/mol. The van der Waals surface area contributed by atoms with Gasteiger partial charge >= 0.3 is 0 Å². The second-order valence-corrected chi connectivity index (χ2v) is 8.25. The van der Waals surface area contributed by atoms with Crippen LogP contribution in [0, 0.1) is 6.92 Å². The van der Waals surface area contributed by atoms with Crippen LogP contribution in [0.15, 0.2) is 23.1 Å². The van der Waals surface area contributed by atoms with Crippen LogP contribution in [0.2, 0.25) is 0 Å². The van der Waals surface area contributed by atoms with E-state index >= 15 is 0 Å². The van der Waals surface area contributed by atoms with Crippen LogP contribution >= 0.6 is 11.8 Å². The molecule has 6 heteroatoms. The summed E-state index contributed by atoms with van der Waals surface area (Å²) in [6.45, 7) is 4.62. The van der Waals surface area contributed by atoms with Gasteiger partial charge in [0.05, 0.1) is 4.90 Å². The Morgan fingerprint density at radius 2 is 2.05 bits per heavy atom. The van der Waals surface area contributed by atoms with Crippen molar-refractivity contribution in [1.29, 1.82) is 0 Å². The van der Waals surface area contributed by atoms with Crippen molar-refractivity contribution >= 4 is 21.8 Å². The van der Waals surface area contributed by atoms with E-state index in [1.54, 1.807) is 30.9 Å². The first-order chi connectivity index (χ1) is 9.84. The van der Waals surface area contributed by atoms with Crippen molar-refractivity contribution in [1.82, 2.24) is 9.62 Å². The Hall–Kier alpha value is -0.560. The summed E-state index contributed by atoms with van der Waals surface area (Å²) < 4.78 is 26.9. The zero-order valence-electron chi connectivity index (χ0n) is 13.5. The Kier molecular flexibility index (Phi) is 7.20. The molecule has 0 aliphatic rings. The lowest BCUT2D eigenvalue weighted by atomic mass is 10.1. The second kappa shape index (κ2) is 8.17. The monoisotopic (exact) mass is 330 g/mol. The normalized spacial score (nSPS) is 13.6. The lowest BCUT2D eigenvalue weighted by molar-refractivity contribution is 0.382. The van der Waals surface area contributed by atoms with Gasteiger partial charge < -0.3 is 5.32 Å². The van der Waals surface area contributed by atoms with E-state index in [2.05, 4.69) is 5.32 Å². The lowest BCUT2D eigenvalue weighted by Gasteiger charge is -2.24. The minimum Gasteiger partial charge on any atom is -0.316 e. The number of hydrogen-bond donors (Lipinski definition) is 1. The van der Waals surface area contributed by atoms with Gasteiger partial charge in [0.2, 0.25) is 10.0 Å². The predicted octanol–water partition coefficient (Wildman–Crippen LogP) is 2.48. The molecule has 0 aromatic heterocycles. The first-order valence-electron chi connectivity index (χ1n) is 7.05. The standard InChI is InChI=1S/C15H26N2O2S2/c1-12-6-7-15(10-14(12)11-16-3)21(18,19)17(4)13(2)8-9-20-5/h6-7,10,13,16H,8-9,11H2,1-5H3. The molecule has 0 fully saturated rings. The van der Waals surface area contributed by atoms with E-state index in [4.69, 9.17) is 0 Å². The third-order valence-corrected chi connectivity index (χ3v) is 6.34. The van der Waals surface area contributed by atoms with Gasteiger partial charge in [-0.15, -0.1) is 0 Å². The molecule has 0 spiro atoms. The van der Waals surface area contributed by atoms with Gasteiger partial charge in [-0.1, -0.05) is 6.07 Å². The molecule has 0 aliphatic heterocycles. The maximum atomic E-state index is 12.7. The summed E-state index contributed by atoms with van der Waals surface area (Å²) in [5, 5.41) is 3.07. The number of hydrogen-bond acceptors (Lipinski definition) is 4. The topological polar surface area (TPSA) is 49.4 Å². The van der Waals surface area contributed by atoms with Crippen molar-refractivity contribution < 1.29 is 8.42 Å². The highest BCUT2D eigenvalue weighted by atomic mass is 32.2. The predicted molar refractivity (Wildman–Crippen MR) is 91.4 cm³/mol. The molecule has 0 bridgehead atoms. The van der Waals surface area contributed by atoms with Gasteiger partial charge in [0, 0.05) is 19.6 Å². The molecule has 0 aliphatic carbocycles. The summed E-state index contributed by atoms with van der Waals surface area (Å²) in [5.74, 6) is 0.958. The van der Waals surface area contributed by atoms with Gasteiger partial charge in [-0.2, -0.15) is 16.1 Å². The van der Waals surface area contributed by atoms with Gasteiger partial charge in [0.1, 0.15) is 0 Å². The summed E-state index contributed by atoms with van der Waals surface area (Å²) >= 11 is 1.74. The molecule has 1 aromatic rings. The quantitative estimate of drug-likeness (QED) is 0.795. The van der Waals surface area contributed by atoms with E-state index in [1.165, 1.54) is 4.31 Å². The molecule has 1 atom stereocenters. The number of rotatable bonds is 8. The van der Waals surface area contributed by atoms with E-state index in [-0.39, 0.29) is 6.04 Å². The molecule has 1 unspecified atom stereocenters. The van der Waals surface area contributed by atoms with Crippen LogP contribution in [-0.4, -0.2) is 44.9 Å². The third kappa shape index (κ3) is 4.71. The summed E-state index contributed by atoms with van der Waals surface area (Å²) in [4.78, 5) is 0.372. The molecule has 120 valence electrons. The summed E-state index contributed by atoms with van der Waals surface area (Å²) in [5.41, 5.74) is 2.12. The highest BCUT2D eigenvalue weighted by molar-refractivity contribution is 7.98. The second-order valence-electron chi connectivity index (χ2n) is 5.27. The van der Waals surface area contributed by atoms with Crippen LogP contribution in [0.4, 0.5) is 0 Å². The van der Waals surface area contributed by atoms with Crippen molar-refractivity contribution in [3.8, 4) is 0 Å². The van der Waals surface area contributed by atoms with Crippen LogP contribution in [-0.2, 0) is 16.6 Å². The van der Waals surface area contributed by atoms with E-state index in [1.807, 2.05) is 33.2 Å². The lowest BCUT2D eigenvalue weighted by Crippen LogP contribution is -2.35. The molecule has 0 heterocycles. The maximum absolute atomic E-state index is 12.7. The van der Waals surface area contributed by atoms with E-state index in [0.29, 0.717) is 11.4 Å². The number of aryl methyl sites for hydroxylation is 1. The maximum Gasteiger partial charge on any atom is 0.243 e. The first kappa shape index (κ1) is 18.5. The molecule has 1 aromatic carbocycles. The molecule has 0 radical (unpaired) electrons. The van der Waals surface area contributed by atoms with Crippen LogP contribution in [0.5, 0.6) is 0 Å². The van der Waals surface area contributed by atoms with Gasteiger partial charge in [0.25, 0.3) is 0 Å². The zero-order valence-corrected chi connectivity index (χ0v) is 15.1. The number of nitrogens with zero attached hydrogens (tertiary/aromatic N) is 1. The van der Waals surface area contributed by atoms with Crippen LogP contribution < -0.4 is 5.32 Å². The van der Waals surface area contributed by atoms with Crippen molar-refractivity contribution in [3.63, 3.8) is 0 Å². The van der Waals surface area contributed by atoms with Gasteiger partial charge in [0.15, 0.2) is 0 Å². The molecule has 1 N–H and O–H groups in total. The molecular weight excluding hydrogens is 304 g/mol. The number of thioether (sulfide) groups is 1. The smallest absolute Gasteiger partial charge is 0.243 e. The van der Waals surface area contributed by atoms with Crippen molar-refractivity contribution in [3.05, 3.63) is 29.3 Å². The fraction of sp³-hybridized carbons (Fsp3) is 0.600. The van der Waals surface area contributed by atoms with Gasteiger partial charge in [-0.25, -0.2) is 8.42 Å². The van der Waals surface area contributed by atoms with Crippen molar-refractivity contribution in [2.24, 2.45) is 0 Å². The van der Waals surface area contributed by atoms with Crippen LogP contribution in [0.25, 0.3) is 0 Å². The fourth-order valence-electron chi connectivity index (χ4n) is 2.06. The van der Waals surface area contributed by atoms with Crippen LogP contribution in [0.1, 0.15) is 24.5 Å². The SMILES string of the molecule is CNCc1cc(S(=O)(=O)N(C)C(C)CCSC)ccc1C. The van der Waals surface area contributed by atoms with Crippen LogP contribution in [0.3, 0.4) is 0 Å². The zero-order chi connectivity index (χ0) is 16.0. The largest absolute Gasteiger partial charge is 0.316 e. The van der Waals surface area contributed by atoms with Gasteiger partial charge in [-0.3, -0.25) is 0 Å². The van der Waals surface area contributed by atoms with Crippen molar-refractivity contribution in [2.75, 3.05) is 26.1 Å². The molecule has 0 amide bonds. The van der Waals surface area contributed by atoms with E-state index in [9.17, 15) is 8.42 Å². The van der Waals surface area contributed by atoms with Gasteiger partial charge in [-0.05, 0) is 62.6 Å². The molecule has 0 saturated heterocycles. The first-order valence-corrected chi connectivity index (χ1v) is 9.89. The third-order valence-electron chi connectivity index (χ3n) is 3.73. The van der Waals surface area contributed by atoms with Crippen molar-refractivity contribution in [2.45, 2.75) is 37.8 Å². The Labute approximate surface area is 133 Å². The summed E-state index contributed by atoms with van der Waals surface area (Å²) in [6, 6.07) is 5.34. The highest BCUT2D eigenvalue weighted by Gasteiger charge is 2.25. The minimum absolute atomic E-state index is 0.00324. The molecule has 21 heavy (non-hydrogen) atoms. The van der Waals surface area contributed by atoms with E-state index < -0.39 is 10.0 Å². The summed E-state index contributed by atoms with van der Waals surface area (Å²) in [6.07, 6.45) is 2.89. The Morgan fingerprint density at radius 1 is 1.38 bits per heavy atom. The Bertz CT molecular complexity index is 559. The number of nitrogens with one attached hydrogen (secondary N) is 1. The fourth-order valence-corrected chi connectivity index (χ4v) is 4.08. The molecule has 1 rings (SSSR count). The average Bonchev–Trinajstić information content (AvgIpc) is 2.46. The molecular formula is C15H26N2O2S2. The summed E-state index contributed by atoms with van der Waals surface area (Å²) in [7, 11) is 0.0931. The van der Waals surface area contributed by atoms with E-state index in [0.717, 1.165) is 23.3 Å². The minimum atomic E-state index is -3.43. The Balaban J connectivity index is 3.04. The Morgan fingerprint density at radius 3 is 2.62 bits per heavy atom. The molecule has 4 nitrogen and oxygen atoms in total. The highest BCUT2D eigenvalue weighted by Crippen LogP contribution is 2.21. The number of benzene rings is 1. The number of sulfonamides is 1.